The Kier molecular flexibility index (Phi) is 6.04. The second-order valence-electron chi connectivity index (χ2n) is 7.36. The van der Waals surface area contributed by atoms with E-state index in [2.05, 4.69) is 19.7 Å². The van der Waals surface area contributed by atoms with Crippen molar-refractivity contribution >= 4 is 34.7 Å². The highest BCUT2D eigenvalue weighted by atomic mass is 32.2. The van der Waals surface area contributed by atoms with Gasteiger partial charge in [-0.25, -0.2) is 18.7 Å². The quantitative estimate of drug-likeness (QED) is 0.412. The number of hydrogen-bond acceptors (Lipinski definition) is 7. The number of nitrogens with zero attached hydrogens (tertiary/aromatic N) is 4. The van der Waals surface area contributed by atoms with Crippen molar-refractivity contribution in [3.8, 4) is 11.3 Å². The van der Waals surface area contributed by atoms with Gasteiger partial charge in [0.15, 0.2) is 17.3 Å². The molecule has 0 amide bonds. The molecule has 164 valence electrons. The number of hydrogen-bond donors (Lipinski definition) is 2. The summed E-state index contributed by atoms with van der Waals surface area (Å²) in [5.74, 6) is -1.13. The first kappa shape index (κ1) is 21.7. The summed E-state index contributed by atoms with van der Waals surface area (Å²) in [6.45, 7) is 3.59. The number of nitrogens with two attached hydrogens (primary N) is 1. The molecule has 32 heavy (non-hydrogen) atoms. The Balaban J connectivity index is 1.70. The molecule has 0 saturated carbocycles. The van der Waals surface area contributed by atoms with E-state index in [4.69, 9.17) is 5.73 Å². The molecule has 0 aliphatic rings. The van der Waals surface area contributed by atoms with Gasteiger partial charge in [0.1, 0.15) is 16.9 Å². The Morgan fingerprint density at radius 2 is 1.81 bits per heavy atom. The maximum Gasteiger partial charge on any atom is 0.278 e. The molecule has 3 N–H and O–H groups in total. The molecule has 2 aromatic heterocycles. The number of rotatable bonds is 6. The lowest BCUT2D eigenvalue weighted by Gasteiger charge is -2.15. The third-order valence-electron chi connectivity index (χ3n) is 4.74. The Hall–Kier alpha value is -3.53. The highest BCUT2D eigenvalue weighted by molar-refractivity contribution is 7.99. The van der Waals surface area contributed by atoms with Crippen LogP contribution >= 0.6 is 11.9 Å². The molecule has 0 atom stereocenters. The number of fused-ring (bicyclic) bond motifs is 1. The van der Waals surface area contributed by atoms with Gasteiger partial charge in [0.25, 0.3) is 5.56 Å². The van der Waals surface area contributed by atoms with Gasteiger partial charge in [0.05, 0.1) is 6.20 Å². The summed E-state index contributed by atoms with van der Waals surface area (Å²) in [6.07, 6.45) is 1.38. The molecule has 0 fully saturated rings. The molecule has 0 spiro atoms. The Morgan fingerprint density at radius 1 is 1.12 bits per heavy atom. The van der Waals surface area contributed by atoms with Crippen LogP contribution in [0.2, 0.25) is 0 Å². The monoisotopic (exact) mass is 454 g/mol. The van der Waals surface area contributed by atoms with E-state index >= 15 is 0 Å². The second kappa shape index (κ2) is 8.91. The fourth-order valence-corrected chi connectivity index (χ4v) is 4.03. The zero-order valence-corrected chi connectivity index (χ0v) is 18.2. The summed E-state index contributed by atoms with van der Waals surface area (Å²) in [5, 5.41) is 0. The van der Waals surface area contributed by atoms with E-state index in [0.29, 0.717) is 11.3 Å². The van der Waals surface area contributed by atoms with Crippen LogP contribution < -0.4 is 16.0 Å². The fourth-order valence-electron chi connectivity index (χ4n) is 3.25. The minimum Gasteiger partial charge on any atom is -0.368 e. The molecule has 0 aliphatic heterocycles. The normalized spacial score (nSPS) is 11.3. The molecule has 0 saturated heterocycles. The first-order valence-electron chi connectivity index (χ1n) is 9.81. The minimum absolute atomic E-state index is 0.00127. The summed E-state index contributed by atoms with van der Waals surface area (Å²) >= 11 is 1.16. The first-order chi connectivity index (χ1) is 15.3. The lowest BCUT2D eigenvalue weighted by atomic mass is 10.1. The first-order valence-corrected chi connectivity index (χ1v) is 10.8. The van der Waals surface area contributed by atoms with Gasteiger partial charge in [-0.2, -0.15) is 4.98 Å². The predicted molar refractivity (Wildman–Crippen MR) is 123 cm³/mol. The molecule has 0 unspecified atom stereocenters. The van der Waals surface area contributed by atoms with Crippen LogP contribution in [0.4, 0.5) is 20.4 Å². The van der Waals surface area contributed by atoms with Crippen molar-refractivity contribution < 1.29 is 8.78 Å². The molecule has 7 nitrogen and oxygen atoms in total. The molecule has 2 aromatic carbocycles. The van der Waals surface area contributed by atoms with Crippen LogP contribution in [0.15, 0.2) is 53.5 Å². The van der Waals surface area contributed by atoms with E-state index in [0.717, 1.165) is 29.6 Å². The van der Waals surface area contributed by atoms with Crippen molar-refractivity contribution in [3.63, 3.8) is 0 Å². The van der Waals surface area contributed by atoms with Crippen LogP contribution in [0.25, 0.3) is 22.4 Å². The van der Waals surface area contributed by atoms with Crippen LogP contribution in [-0.4, -0.2) is 19.5 Å². The number of anilines is 2. The van der Waals surface area contributed by atoms with Crippen molar-refractivity contribution in [1.29, 1.82) is 0 Å². The average Bonchev–Trinajstić information content (AvgIpc) is 2.75. The highest BCUT2D eigenvalue weighted by Gasteiger charge is 2.19. The molecule has 10 heteroatoms. The van der Waals surface area contributed by atoms with Crippen molar-refractivity contribution in [3.05, 3.63) is 76.2 Å². The summed E-state index contributed by atoms with van der Waals surface area (Å²) in [5.41, 5.74) is 6.35. The number of nitrogen functional groups attached to an aromatic ring is 1. The van der Waals surface area contributed by atoms with Gasteiger partial charge >= 0.3 is 0 Å². The van der Waals surface area contributed by atoms with Gasteiger partial charge in [0, 0.05) is 17.4 Å². The third kappa shape index (κ3) is 4.26. The molecule has 2 heterocycles. The van der Waals surface area contributed by atoms with Gasteiger partial charge in [-0.3, -0.25) is 9.36 Å². The second-order valence-corrected chi connectivity index (χ2v) is 8.14. The van der Waals surface area contributed by atoms with Crippen LogP contribution in [0.3, 0.4) is 0 Å². The zero-order chi connectivity index (χ0) is 22.8. The van der Waals surface area contributed by atoms with E-state index in [9.17, 15) is 13.6 Å². The van der Waals surface area contributed by atoms with E-state index in [1.165, 1.54) is 10.8 Å². The number of benzene rings is 2. The summed E-state index contributed by atoms with van der Waals surface area (Å²) in [4.78, 5) is 25.4. The average molecular weight is 455 g/mol. The van der Waals surface area contributed by atoms with Crippen LogP contribution in [0.5, 0.6) is 0 Å². The van der Waals surface area contributed by atoms with Crippen molar-refractivity contribution in [2.24, 2.45) is 0 Å². The van der Waals surface area contributed by atoms with Crippen LogP contribution in [-0.2, 0) is 5.75 Å². The molecule has 4 aromatic rings. The molecular formula is C22H20F2N6OS. The predicted octanol–water partition coefficient (Wildman–Crippen LogP) is 4.56. The lowest BCUT2D eigenvalue weighted by molar-refractivity contribution is 0.589. The Bertz CT molecular complexity index is 1320. The van der Waals surface area contributed by atoms with Gasteiger partial charge in [0.2, 0.25) is 5.95 Å². The van der Waals surface area contributed by atoms with E-state index < -0.39 is 17.2 Å². The third-order valence-corrected chi connectivity index (χ3v) is 5.56. The van der Waals surface area contributed by atoms with Crippen molar-refractivity contribution in [2.75, 3.05) is 10.5 Å². The Labute approximate surface area is 186 Å². The number of aromatic nitrogens is 4. The van der Waals surface area contributed by atoms with Gasteiger partial charge in [-0.1, -0.05) is 30.3 Å². The van der Waals surface area contributed by atoms with Gasteiger partial charge in [-0.15, -0.1) is 0 Å². The molecular weight excluding hydrogens is 434 g/mol. The topological polar surface area (TPSA) is 98.7 Å². The van der Waals surface area contributed by atoms with Crippen molar-refractivity contribution in [2.45, 2.75) is 25.6 Å². The number of halogens is 2. The van der Waals surface area contributed by atoms with E-state index in [-0.39, 0.29) is 34.6 Å². The summed E-state index contributed by atoms with van der Waals surface area (Å²) in [6, 6.07) is 11.4. The van der Waals surface area contributed by atoms with E-state index in [1.54, 1.807) is 13.8 Å². The summed E-state index contributed by atoms with van der Waals surface area (Å²) < 4.78 is 33.7. The van der Waals surface area contributed by atoms with E-state index in [1.807, 2.05) is 30.3 Å². The summed E-state index contributed by atoms with van der Waals surface area (Å²) in [7, 11) is 0. The van der Waals surface area contributed by atoms with Gasteiger partial charge in [-0.05, 0) is 43.5 Å². The Morgan fingerprint density at radius 3 is 2.47 bits per heavy atom. The molecule has 4 rings (SSSR count). The maximum absolute atomic E-state index is 14.8. The van der Waals surface area contributed by atoms with Crippen LogP contribution in [0.1, 0.15) is 25.5 Å². The molecule has 0 bridgehead atoms. The fraction of sp³-hybridized carbons (Fsp3) is 0.182. The smallest absolute Gasteiger partial charge is 0.278 e. The zero-order valence-electron chi connectivity index (χ0n) is 17.3. The SMILES string of the molecule is CC(C)n1c(=O)c(-c2cc(F)c(NSCc3ccccc3)c(F)c2)nc2cnc(N)nc21. The molecule has 0 radical (unpaired) electrons. The molecule has 0 aliphatic carbocycles. The highest BCUT2D eigenvalue weighted by Crippen LogP contribution is 2.28. The maximum atomic E-state index is 14.8. The van der Waals surface area contributed by atoms with Gasteiger partial charge < -0.3 is 10.5 Å². The number of nitrogens with one attached hydrogen (secondary N) is 1. The van der Waals surface area contributed by atoms with Crippen molar-refractivity contribution in [1.82, 2.24) is 19.5 Å². The minimum atomic E-state index is -0.827. The van der Waals surface area contributed by atoms with Crippen LogP contribution in [0, 0.1) is 11.6 Å². The lowest BCUT2D eigenvalue weighted by Crippen LogP contribution is -2.26. The standard InChI is InChI=1S/C22H20F2N6OS/c1-12(2)30-20-17(10-26-22(25)28-20)27-18(21(30)31)14-8-15(23)19(16(24)9-14)29-32-11-13-6-4-3-5-7-13/h3-10,12,29H,11H2,1-2H3,(H2,25,26,28). The largest absolute Gasteiger partial charge is 0.368 e.